The van der Waals surface area contributed by atoms with Crippen LogP contribution >= 0.6 is 12.2 Å². The summed E-state index contributed by atoms with van der Waals surface area (Å²) >= 11 is 5.15. The van der Waals surface area contributed by atoms with Crippen LogP contribution in [0, 0.1) is 4.77 Å². The van der Waals surface area contributed by atoms with Gasteiger partial charge in [-0.05, 0) is 30.8 Å². The Bertz CT molecular complexity index is 1150. The lowest BCUT2D eigenvalue weighted by Crippen LogP contribution is -2.18. The number of benzene rings is 1. The Kier molecular flexibility index (Phi) is 5.83. The highest BCUT2D eigenvalue weighted by molar-refractivity contribution is 7.71. The Hall–Kier alpha value is -3.00. The number of nitrogens with one attached hydrogen (secondary N) is 1. The van der Waals surface area contributed by atoms with Gasteiger partial charge in [-0.1, -0.05) is 45.9 Å². The molecule has 0 atom stereocenters. The average Bonchev–Trinajstić information content (AvgIpc) is 3.10. The summed E-state index contributed by atoms with van der Waals surface area (Å²) < 4.78 is 3.41. The molecule has 0 fully saturated rings. The van der Waals surface area contributed by atoms with E-state index in [9.17, 15) is 9.90 Å². The van der Waals surface area contributed by atoms with Crippen LogP contribution in [0.2, 0.25) is 0 Å². The zero-order chi connectivity index (χ0) is 21.2. The second-order valence-corrected chi connectivity index (χ2v) is 8.18. The Morgan fingerprint density at radius 3 is 2.59 bits per heavy atom. The van der Waals surface area contributed by atoms with E-state index in [0.29, 0.717) is 12.4 Å². The molecule has 0 aliphatic heterocycles. The van der Waals surface area contributed by atoms with Gasteiger partial charge in [-0.25, -0.2) is 9.67 Å². The molecule has 3 aromatic rings. The third kappa shape index (κ3) is 4.37. The van der Waals surface area contributed by atoms with Crippen LogP contribution in [0.4, 0.5) is 5.82 Å². The van der Waals surface area contributed by atoms with Crippen molar-refractivity contribution in [3.05, 3.63) is 62.8 Å². The molecule has 3 rings (SSSR count). The summed E-state index contributed by atoms with van der Waals surface area (Å²) in [5.41, 5.74) is 1.14. The number of hydrogen-bond donors (Lipinski definition) is 2. The highest BCUT2D eigenvalue weighted by atomic mass is 32.1. The van der Waals surface area contributed by atoms with E-state index in [4.69, 9.17) is 17.3 Å². The Balaban J connectivity index is 2.12. The van der Waals surface area contributed by atoms with Gasteiger partial charge in [0.2, 0.25) is 5.88 Å². The second kappa shape index (κ2) is 8.16. The lowest BCUT2D eigenvalue weighted by molar-refractivity contribution is 0.402. The lowest BCUT2D eigenvalue weighted by atomic mass is 9.92. The maximum absolute atomic E-state index is 12.3. The fraction of sp³-hybridized carbons (Fsp3) is 0.333. The summed E-state index contributed by atoms with van der Waals surface area (Å²) in [6.45, 7) is 8.69. The molecule has 0 unspecified atom stereocenters. The first-order valence-electron chi connectivity index (χ1n) is 9.48. The molecule has 8 heteroatoms. The van der Waals surface area contributed by atoms with E-state index in [2.05, 4.69) is 30.7 Å². The monoisotopic (exact) mass is 411 g/mol. The molecule has 0 spiro atoms. The number of aliphatic imine (C=N–C) groups is 1. The van der Waals surface area contributed by atoms with Crippen LogP contribution in [0.25, 0.3) is 5.69 Å². The van der Waals surface area contributed by atoms with E-state index in [1.807, 2.05) is 43.3 Å². The van der Waals surface area contributed by atoms with Crippen molar-refractivity contribution in [3.8, 4) is 11.6 Å². The van der Waals surface area contributed by atoms with Gasteiger partial charge in [-0.3, -0.25) is 14.3 Å². The molecule has 1 aromatic carbocycles. The van der Waals surface area contributed by atoms with Crippen LogP contribution in [0.5, 0.6) is 5.88 Å². The molecule has 2 aromatic heterocycles. The highest BCUT2D eigenvalue weighted by Gasteiger charge is 2.20. The number of H-pyrrole nitrogens is 1. The SMILES string of the molecule is CCCn1c(O)c(C=Nc2cc(C(C)(C)C)nn2-c2ccccc2)c(=O)[nH]c1=S. The summed E-state index contributed by atoms with van der Waals surface area (Å²) in [6, 6.07) is 11.5. The summed E-state index contributed by atoms with van der Waals surface area (Å²) in [5, 5.41) is 15.2. The van der Waals surface area contributed by atoms with Gasteiger partial charge in [0.05, 0.1) is 11.4 Å². The molecule has 152 valence electrons. The van der Waals surface area contributed by atoms with Crippen molar-refractivity contribution in [2.75, 3.05) is 0 Å². The van der Waals surface area contributed by atoms with Crippen molar-refractivity contribution in [1.29, 1.82) is 0 Å². The van der Waals surface area contributed by atoms with Crippen LogP contribution in [0.15, 0.2) is 46.2 Å². The van der Waals surface area contributed by atoms with E-state index in [1.54, 1.807) is 4.68 Å². The fourth-order valence-corrected chi connectivity index (χ4v) is 3.11. The number of aromatic nitrogens is 4. The van der Waals surface area contributed by atoms with E-state index < -0.39 is 5.56 Å². The standard InChI is InChI=1S/C21H25N5O2S/c1-5-11-25-19(28)15(18(27)23-20(25)29)13-22-17-12-16(21(2,3)4)24-26(17)14-9-7-6-8-10-14/h6-10,12-13,28H,5,11H2,1-4H3,(H,23,27,29). The number of para-hydroxylation sites is 1. The van der Waals surface area contributed by atoms with Gasteiger partial charge in [0.15, 0.2) is 10.6 Å². The molecule has 0 aliphatic carbocycles. The largest absolute Gasteiger partial charge is 0.494 e. The fourth-order valence-electron chi connectivity index (χ4n) is 2.84. The van der Waals surface area contributed by atoms with Gasteiger partial charge < -0.3 is 5.11 Å². The maximum atomic E-state index is 12.3. The summed E-state index contributed by atoms with van der Waals surface area (Å²) in [6.07, 6.45) is 2.12. The minimum Gasteiger partial charge on any atom is -0.494 e. The van der Waals surface area contributed by atoms with E-state index in [1.165, 1.54) is 10.8 Å². The first-order chi connectivity index (χ1) is 13.7. The van der Waals surface area contributed by atoms with Crippen molar-refractivity contribution in [2.45, 2.75) is 46.1 Å². The second-order valence-electron chi connectivity index (χ2n) is 7.79. The quantitative estimate of drug-likeness (QED) is 0.485. The zero-order valence-electron chi connectivity index (χ0n) is 17.0. The van der Waals surface area contributed by atoms with Crippen molar-refractivity contribution in [3.63, 3.8) is 0 Å². The molecular formula is C21H25N5O2S. The predicted molar refractivity (Wildman–Crippen MR) is 117 cm³/mol. The van der Waals surface area contributed by atoms with Gasteiger partial charge in [-0.15, -0.1) is 0 Å². The van der Waals surface area contributed by atoms with Crippen molar-refractivity contribution in [2.24, 2.45) is 4.99 Å². The zero-order valence-corrected chi connectivity index (χ0v) is 17.8. The molecular weight excluding hydrogens is 386 g/mol. The molecule has 0 radical (unpaired) electrons. The van der Waals surface area contributed by atoms with E-state index >= 15 is 0 Å². The number of aromatic hydroxyl groups is 1. The molecule has 0 amide bonds. The molecule has 0 saturated carbocycles. The van der Waals surface area contributed by atoms with Gasteiger partial charge in [-0.2, -0.15) is 5.10 Å². The topological polar surface area (TPSA) is 88.2 Å². The van der Waals surface area contributed by atoms with Crippen molar-refractivity contribution >= 4 is 24.3 Å². The smallest absolute Gasteiger partial charge is 0.264 e. The normalized spacial score (nSPS) is 12.0. The summed E-state index contributed by atoms with van der Waals surface area (Å²) in [5.74, 6) is 0.371. The van der Waals surface area contributed by atoms with E-state index in [-0.39, 0.29) is 21.6 Å². The number of nitrogens with zero attached hydrogens (tertiary/aromatic N) is 4. The average molecular weight is 412 g/mol. The maximum Gasteiger partial charge on any atom is 0.264 e. The highest BCUT2D eigenvalue weighted by Crippen LogP contribution is 2.28. The molecule has 0 aliphatic rings. The van der Waals surface area contributed by atoms with Crippen molar-refractivity contribution < 1.29 is 5.11 Å². The third-order valence-corrected chi connectivity index (χ3v) is 4.76. The van der Waals surface area contributed by atoms with Crippen LogP contribution < -0.4 is 5.56 Å². The molecule has 0 saturated heterocycles. The van der Waals surface area contributed by atoms with Crippen LogP contribution in [-0.4, -0.2) is 30.7 Å². The molecule has 2 heterocycles. The lowest BCUT2D eigenvalue weighted by Gasteiger charge is -2.14. The molecule has 2 N–H and O–H groups in total. The summed E-state index contributed by atoms with van der Waals surface area (Å²) in [4.78, 5) is 19.4. The van der Waals surface area contributed by atoms with Crippen LogP contribution in [0.3, 0.4) is 0 Å². The predicted octanol–water partition coefficient (Wildman–Crippen LogP) is 4.26. The number of hydrogen-bond acceptors (Lipinski definition) is 5. The third-order valence-electron chi connectivity index (χ3n) is 4.44. The van der Waals surface area contributed by atoms with Crippen molar-refractivity contribution in [1.82, 2.24) is 19.3 Å². The van der Waals surface area contributed by atoms with Gasteiger partial charge in [0.1, 0.15) is 5.56 Å². The first-order valence-corrected chi connectivity index (χ1v) is 9.89. The van der Waals surface area contributed by atoms with Crippen LogP contribution in [-0.2, 0) is 12.0 Å². The first kappa shape index (κ1) is 20.7. The number of aromatic amines is 1. The Morgan fingerprint density at radius 1 is 1.28 bits per heavy atom. The minimum absolute atomic E-state index is 0.0603. The minimum atomic E-state index is -0.481. The Morgan fingerprint density at radius 2 is 1.97 bits per heavy atom. The Labute approximate surface area is 174 Å². The molecule has 29 heavy (non-hydrogen) atoms. The van der Waals surface area contributed by atoms with Gasteiger partial charge in [0, 0.05) is 24.2 Å². The molecule has 7 nitrogen and oxygen atoms in total. The number of rotatable bonds is 5. The van der Waals surface area contributed by atoms with E-state index in [0.717, 1.165) is 17.8 Å². The van der Waals surface area contributed by atoms with Gasteiger partial charge >= 0.3 is 0 Å². The summed E-state index contributed by atoms with van der Waals surface area (Å²) in [7, 11) is 0. The van der Waals surface area contributed by atoms with Gasteiger partial charge in [0.25, 0.3) is 5.56 Å². The van der Waals surface area contributed by atoms with Crippen LogP contribution in [0.1, 0.15) is 45.4 Å². The molecule has 0 bridgehead atoms.